The van der Waals surface area contributed by atoms with Gasteiger partial charge in [-0.05, 0) is 73.6 Å². The van der Waals surface area contributed by atoms with Gasteiger partial charge in [-0.3, -0.25) is 9.20 Å². The van der Waals surface area contributed by atoms with Gasteiger partial charge in [0.1, 0.15) is 0 Å². The van der Waals surface area contributed by atoms with Crippen LogP contribution in [0.2, 0.25) is 0 Å². The first kappa shape index (κ1) is 18.4. The van der Waals surface area contributed by atoms with Crippen molar-refractivity contribution < 1.29 is 18.0 Å². The average molecular weight is 398 g/mol. The molecule has 2 heterocycles. The largest absolute Gasteiger partial charge is 0.296 e. The Kier molecular flexibility index (Phi) is 4.45. The summed E-state index contributed by atoms with van der Waals surface area (Å²) >= 11 is 0. The van der Waals surface area contributed by atoms with Crippen LogP contribution in [-0.4, -0.2) is 15.2 Å². The SMILES string of the molecule is O=C(c1c(C2CC2)ccc2cncn12)C1CCC(c2ccc(F)c(F)c2F)CC1. The lowest BCUT2D eigenvalue weighted by molar-refractivity contribution is 0.0875. The highest BCUT2D eigenvalue weighted by molar-refractivity contribution is 5.98. The van der Waals surface area contributed by atoms with Gasteiger partial charge in [0, 0.05) is 5.92 Å². The van der Waals surface area contributed by atoms with E-state index in [2.05, 4.69) is 4.98 Å². The molecule has 3 nitrogen and oxygen atoms in total. The topological polar surface area (TPSA) is 34.4 Å². The van der Waals surface area contributed by atoms with Gasteiger partial charge in [0.25, 0.3) is 0 Å². The van der Waals surface area contributed by atoms with Crippen LogP contribution < -0.4 is 0 Å². The number of Topliss-reactive ketones (excluding diaryl/α,β-unsaturated/α-hetero) is 1. The van der Waals surface area contributed by atoms with Gasteiger partial charge >= 0.3 is 0 Å². The molecule has 0 unspecified atom stereocenters. The van der Waals surface area contributed by atoms with Crippen molar-refractivity contribution in [2.75, 3.05) is 0 Å². The smallest absolute Gasteiger partial charge is 0.194 e. The third-order valence-corrected chi connectivity index (χ3v) is 6.47. The molecule has 29 heavy (non-hydrogen) atoms. The van der Waals surface area contributed by atoms with Gasteiger partial charge < -0.3 is 0 Å². The summed E-state index contributed by atoms with van der Waals surface area (Å²) in [6.45, 7) is 0. The van der Waals surface area contributed by atoms with E-state index in [0.717, 1.165) is 35.7 Å². The molecule has 1 aromatic carbocycles. The number of carbonyl (C=O) groups is 1. The van der Waals surface area contributed by atoms with E-state index in [9.17, 15) is 18.0 Å². The Hall–Kier alpha value is -2.63. The number of benzene rings is 1. The third kappa shape index (κ3) is 3.15. The number of hydrogen-bond acceptors (Lipinski definition) is 2. The molecular formula is C23H21F3N2O. The zero-order valence-electron chi connectivity index (χ0n) is 15.9. The molecular weight excluding hydrogens is 377 g/mol. The summed E-state index contributed by atoms with van der Waals surface area (Å²) in [7, 11) is 0. The Bertz CT molecular complexity index is 1090. The minimum absolute atomic E-state index is 0.111. The predicted octanol–water partition coefficient (Wildman–Crippen LogP) is 5.79. The summed E-state index contributed by atoms with van der Waals surface area (Å²) in [5, 5.41) is 0. The van der Waals surface area contributed by atoms with Crippen LogP contribution in [0.4, 0.5) is 13.2 Å². The van der Waals surface area contributed by atoms with Crippen LogP contribution in [0, 0.1) is 23.4 Å². The van der Waals surface area contributed by atoms with Crippen LogP contribution in [0.3, 0.4) is 0 Å². The molecule has 0 N–H and O–H groups in total. The van der Waals surface area contributed by atoms with E-state index in [4.69, 9.17) is 0 Å². The van der Waals surface area contributed by atoms with Crippen LogP contribution in [0.15, 0.2) is 36.8 Å². The Balaban J connectivity index is 1.39. The number of ketones is 1. The quantitative estimate of drug-likeness (QED) is 0.412. The molecule has 0 spiro atoms. The first-order chi connectivity index (χ1) is 14.0. The van der Waals surface area contributed by atoms with Crippen LogP contribution >= 0.6 is 0 Å². The molecule has 0 amide bonds. The lowest BCUT2D eigenvalue weighted by Crippen LogP contribution is -2.24. The monoisotopic (exact) mass is 398 g/mol. The molecule has 5 rings (SSSR count). The molecule has 0 radical (unpaired) electrons. The average Bonchev–Trinajstić information content (AvgIpc) is 3.47. The molecule has 6 heteroatoms. The van der Waals surface area contributed by atoms with E-state index in [0.29, 0.717) is 31.6 Å². The van der Waals surface area contributed by atoms with Gasteiger partial charge in [-0.15, -0.1) is 0 Å². The molecule has 0 atom stereocenters. The van der Waals surface area contributed by atoms with Crippen LogP contribution in [0.1, 0.15) is 72.0 Å². The second-order valence-corrected chi connectivity index (χ2v) is 8.28. The first-order valence-electron chi connectivity index (χ1n) is 10.2. The number of pyridine rings is 1. The summed E-state index contributed by atoms with van der Waals surface area (Å²) < 4.78 is 42.9. The molecule has 0 bridgehead atoms. The minimum Gasteiger partial charge on any atom is -0.296 e. The van der Waals surface area contributed by atoms with Crippen molar-refractivity contribution in [1.29, 1.82) is 0 Å². The van der Waals surface area contributed by atoms with E-state index in [-0.39, 0.29) is 23.2 Å². The third-order valence-electron chi connectivity index (χ3n) is 6.47. The number of carbonyl (C=O) groups excluding carboxylic acids is 1. The van der Waals surface area contributed by atoms with Crippen molar-refractivity contribution in [3.8, 4) is 0 Å². The Morgan fingerprint density at radius 1 is 0.862 bits per heavy atom. The number of fused-ring (bicyclic) bond motifs is 1. The highest BCUT2D eigenvalue weighted by Crippen LogP contribution is 2.44. The number of rotatable bonds is 4. The maximum Gasteiger partial charge on any atom is 0.194 e. The molecule has 2 aliphatic rings. The van der Waals surface area contributed by atoms with E-state index in [1.54, 1.807) is 12.5 Å². The van der Waals surface area contributed by atoms with Crippen molar-refractivity contribution in [3.63, 3.8) is 0 Å². The fraction of sp³-hybridized carbons (Fsp3) is 0.391. The molecule has 2 saturated carbocycles. The fourth-order valence-electron chi connectivity index (χ4n) is 4.71. The normalized spacial score (nSPS) is 22.2. The van der Waals surface area contributed by atoms with Crippen molar-refractivity contribution >= 4 is 11.3 Å². The highest BCUT2D eigenvalue weighted by Gasteiger charge is 2.35. The van der Waals surface area contributed by atoms with E-state index in [1.807, 2.05) is 16.5 Å². The van der Waals surface area contributed by atoms with Gasteiger partial charge in [-0.2, -0.15) is 0 Å². The fourth-order valence-corrected chi connectivity index (χ4v) is 4.71. The van der Waals surface area contributed by atoms with Crippen molar-refractivity contribution in [2.45, 2.75) is 50.4 Å². The van der Waals surface area contributed by atoms with E-state index >= 15 is 0 Å². The number of halogens is 3. The maximum atomic E-state index is 14.2. The second-order valence-electron chi connectivity index (χ2n) is 8.28. The number of hydrogen-bond donors (Lipinski definition) is 0. The van der Waals surface area contributed by atoms with Gasteiger partial charge in [0.05, 0.1) is 23.7 Å². The first-order valence-corrected chi connectivity index (χ1v) is 10.2. The highest BCUT2D eigenvalue weighted by atomic mass is 19.2. The zero-order valence-corrected chi connectivity index (χ0v) is 15.9. The van der Waals surface area contributed by atoms with Crippen molar-refractivity contribution in [3.05, 3.63) is 71.1 Å². The standard InChI is InChI=1S/C23H21F3N2O/c24-19-10-9-17(20(25)21(19)26)13-3-5-15(6-4-13)23(29)22-18(14-1-2-14)8-7-16-11-27-12-28(16)22/h7-15H,1-6H2. The summed E-state index contributed by atoms with van der Waals surface area (Å²) in [5.74, 6) is -3.48. The van der Waals surface area contributed by atoms with Crippen LogP contribution in [-0.2, 0) is 0 Å². The van der Waals surface area contributed by atoms with Crippen molar-refractivity contribution in [2.24, 2.45) is 5.92 Å². The molecule has 0 saturated heterocycles. The zero-order chi connectivity index (χ0) is 20.1. The van der Waals surface area contributed by atoms with Crippen molar-refractivity contribution in [1.82, 2.24) is 9.38 Å². The van der Waals surface area contributed by atoms with Gasteiger partial charge in [-0.25, -0.2) is 18.2 Å². The van der Waals surface area contributed by atoms with E-state index in [1.165, 1.54) is 6.07 Å². The minimum atomic E-state index is -1.42. The summed E-state index contributed by atoms with van der Waals surface area (Å²) in [4.78, 5) is 17.6. The van der Waals surface area contributed by atoms with Crippen LogP contribution in [0.5, 0.6) is 0 Å². The number of aromatic nitrogens is 2. The molecule has 150 valence electrons. The number of nitrogens with zero attached hydrogens (tertiary/aromatic N) is 2. The molecule has 0 aliphatic heterocycles. The summed E-state index contributed by atoms with van der Waals surface area (Å²) in [6, 6.07) is 6.36. The second kappa shape index (κ2) is 7.01. The Morgan fingerprint density at radius 2 is 1.52 bits per heavy atom. The van der Waals surface area contributed by atoms with Gasteiger partial charge in [0.15, 0.2) is 23.2 Å². The molecule has 2 aliphatic carbocycles. The number of imidazole rings is 1. The molecule has 2 aromatic heterocycles. The lowest BCUT2D eigenvalue weighted by atomic mass is 9.76. The molecule has 3 aromatic rings. The van der Waals surface area contributed by atoms with Crippen LogP contribution in [0.25, 0.3) is 5.52 Å². The summed E-state index contributed by atoms with van der Waals surface area (Å²) in [5.41, 5.74) is 2.93. The maximum absolute atomic E-state index is 14.2. The summed E-state index contributed by atoms with van der Waals surface area (Å²) in [6.07, 6.45) is 8.01. The lowest BCUT2D eigenvalue weighted by Gasteiger charge is -2.29. The Morgan fingerprint density at radius 3 is 2.24 bits per heavy atom. The Labute approximate surface area is 166 Å². The van der Waals surface area contributed by atoms with Gasteiger partial charge in [0.2, 0.25) is 0 Å². The predicted molar refractivity (Wildman–Crippen MR) is 103 cm³/mol. The molecule has 2 fully saturated rings. The van der Waals surface area contributed by atoms with Gasteiger partial charge in [-0.1, -0.05) is 12.1 Å². The van der Waals surface area contributed by atoms with E-state index < -0.39 is 17.5 Å².